The van der Waals surface area contributed by atoms with Crippen LogP contribution in [0.25, 0.3) is 0 Å². The van der Waals surface area contributed by atoms with Crippen LogP contribution in [0.15, 0.2) is 18.3 Å². The lowest BCUT2D eigenvalue weighted by Crippen LogP contribution is -2.47. The van der Waals surface area contributed by atoms with Gasteiger partial charge in [0.15, 0.2) is 0 Å². The average Bonchev–Trinajstić information content (AvgIpc) is 2.47. The minimum atomic E-state index is -0.909. The molecule has 102 valence electrons. The number of carbonyl (C=O) groups is 1. The summed E-state index contributed by atoms with van der Waals surface area (Å²) in [6.45, 7) is 1.06. The fraction of sp³-hybridized carbons (Fsp3) is 0.600. The van der Waals surface area contributed by atoms with Gasteiger partial charge in [-0.05, 0) is 43.7 Å². The smallest absolute Gasteiger partial charge is 0.337 e. The molecule has 0 amide bonds. The Bertz CT molecular complexity index is 456. The first-order valence-electron chi connectivity index (χ1n) is 7.22. The molecule has 0 aromatic carbocycles. The van der Waals surface area contributed by atoms with Crippen LogP contribution in [0.2, 0.25) is 0 Å². The number of fused-ring (bicyclic) bond motifs is 1. The number of nitrogens with zero attached hydrogens (tertiary/aromatic N) is 2. The Hall–Kier alpha value is -1.58. The first-order chi connectivity index (χ1) is 9.25. The van der Waals surface area contributed by atoms with E-state index in [-0.39, 0.29) is 5.56 Å². The second-order valence-electron chi connectivity index (χ2n) is 5.66. The van der Waals surface area contributed by atoms with Gasteiger partial charge in [0.1, 0.15) is 5.82 Å². The molecule has 2 atom stereocenters. The van der Waals surface area contributed by atoms with Crippen LogP contribution in [-0.4, -0.2) is 28.6 Å². The lowest BCUT2D eigenvalue weighted by Gasteiger charge is -2.44. The zero-order valence-corrected chi connectivity index (χ0v) is 11.1. The molecular formula is C15H20N2O2. The summed E-state index contributed by atoms with van der Waals surface area (Å²) in [6.07, 6.45) is 9.31. The number of aromatic nitrogens is 1. The highest BCUT2D eigenvalue weighted by Crippen LogP contribution is 2.37. The van der Waals surface area contributed by atoms with E-state index in [2.05, 4.69) is 9.88 Å². The number of carboxylic acids is 1. The minimum absolute atomic E-state index is 0.265. The molecule has 1 aromatic heterocycles. The van der Waals surface area contributed by atoms with Crippen molar-refractivity contribution in [1.82, 2.24) is 4.98 Å². The number of hydrogen-bond donors (Lipinski definition) is 1. The molecule has 2 heterocycles. The number of aromatic carboxylic acids is 1. The first kappa shape index (κ1) is 12.5. The lowest BCUT2D eigenvalue weighted by atomic mass is 9.78. The van der Waals surface area contributed by atoms with E-state index in [0.717, 1.165) is 18.3 Å². The molecular weight excluding hydrogens is 240 g/mol. The molecule has 19 heavy (non-hydrogen) atoms. The maximum Gasteiger partial charge on any atom is 0.337 e. The predicted molar refractivity (Wildman–Crippen MR) is 73.5 cm³/mol. The average molecular weight is 260 g/mol. The molecule has 4 nitrogen and oxygen atoms in total. The Labute approximate surface area is 113 Å². The van der Waals surface area contributed by atoms with Crippen molar-refractivity contribution in [2.75, 3.05) is 11.4 Å². The molecule has 0 spiro atoms. The van der Waals surface area contributed by atoms with Crippen molar-refractivity contribution in [3.8, 4) is 0 Å². The number of rotatable bonds is 2. The van der Waals surface area contributed by atoms with Crippen molar-refractivity contribution in [2.24, 2.45) is 5.92 Å². The van der Waals surface area contributed by atoms with E-state index in [0.29, 0.717) is 6.04 Å². The Balaban J connectivity index is 1.81. The molecule has 1 aliphatic heterocycles. The van der Waals surface area contributed by atoms with Crippen molar-refractivity contribution in [3.05, 3.63) is 23.9 Å². The number of anilines is 1. The highest BCUT2D eigenvalue weighted by Gasteiger charge is 2.33. The molecule has 3 rings (SSSR count). The predicted octanol–water partition coefficient (Wildman–Crippen LogP) is 2.94. The molecule has 2 unspecified atom stereocenters. The zero-order chi connectivity index (χ0) is 13.2. The fourth-order valence-electron chi connectivity index (χ4n) is 3.59. The third-order valence-corrected chi connectivity index (χ3v) is 4.53. The molecule has 1 aromatic rings. The Morgan fingerprint density at radius 1 is 1.21 bits per heavy atom. The van der Waals surface area contributed by atoms with E-state index in [4.69, 9.17) is 5.11 Å². The van der Waals surface area contributed by atoms with Crippen molar-refractivity contribution in [2.45, 2.75) is 44.6 Å². The van der Waals surface area contributed by atoms with Crippen molar-refractivity contribution in [3.63, 3.8) is 0 Å². The van der Waals surface area contributed by atoms with Gasteiger partial charge >= 0.3 is 5.97 Å². The quantitative estimate of drug-likeness (QED) is 0.888. The van der Waals surface area contributed by atoms with Crippen LogP contribution in [0.4, 0.5) is 5.82 Å². The SMILES string of the molecule is O=C(O)c1ccc(N2CCCC3CCCCC32)nc1. The summed E-state index contributed by atoms with van der Waals surface area (Å²) < 4.78 is 0. The molecule has 2 fully saturated rings. The van der Waals surface area contributed by atoms with Crippen molar-refractivity contribution in [1.29, 1.82) is 0 Å². The third-order valence-electron chi connectivity index (χ3n) is 4.53. The molecule has 1 N–H and O–H groups in total. The summed E-state index contributed by atoms with van der Waals surface area (Å²) in [5.41, 5.74) is 0.265. The van der Waals surface area contributed by atoms with Gasteiger partial charge in [0, 0.05) is 18.8 Å². The van der Waals surface area contributed by atoms with Gasteiger partial charge in [0.05, 0.1) is 5.56 Å². The monoisotopic (exact) mass is 260 g/mol. The van der Waals surface area contributed by atoms with Crippen LogP contribution >= 0.6 is 0 Å². The van der Waals surface area contributed by atoms with E-state index >= 15 is 0 Å². The molecule has 0 bridgehead atoms. The molecule has 1 saturated heterocycles. The van der Waals surface area contributed by atoms with E-state index in [1.54, 1.807) is 6.07 Å². The van der Waals surface area contributed by atoms with Gasteiger partial charge in [-0.1, -0.05) is 12.8 Å². The molecule has 0 radical (unpaired) electrons. The fourth-order valence-corrected chi connectivity index (χ4v) is 3.59. The van der Waals surface area contributed by atoms with E-state index < -0.39 is 5.97 Å². The second kappa shape index (κ2) is 5.19. The molecule has 4 heteroatoms. The first-order valence-corrected chi connectivity index (χ1v) is 7.22. The van der Waals surface area contributed by atoms with Crippen molar-refractivity contribution < 1.29 is 9.90 Å². The molecule has 1 aliphatic carbocycles. The summed E-state index contributed by atoms with van der Waals surface area (Å²) in [7, 11) is 0. The van der Waals surface area contributed by atoms with Crippen LogP contribution < -0.4 is 4.90 Å². The van der Waals surface area contributed by atoms with Gasteiger partial charge in [0.25, 0.3) is 0 Å². The van der Waals surface area contributed by atoms with Crippen LogP contribution in [0.3, 0.4) is 0 Å². The van der Waals surface area contributed by atoms with E-state index in [1.165, 1.54) is 44.7 Å². The Kier molecular flexibility index (Phi) is 3.40. The van der Waals surface area contributed by atoms with Gasteiger partial charge < -0.3 is 10.0 Å². The zero-order valence-electron chi connectivity index (χ0n) is 11.1. The third kappa shape index (κ3) is 2.44. The highest BCUT2D eigenvalue weighted by molar-refractivity contribution is 5.87. The summed E-state index contributed by atoms with van der Waals surface area (Å²) in [6, 6.07) is 4.14. The largest absolute Gasteiger partial charge is 0.478 e. The maximum atomic E-state index is 10.9. The standard InChI is InChI=1S/C15H20N2O2/c18-15(19)12-7-8-14(16-10-12)17-9-3-5-11-4-1-2-6-13(11)17/h7-8,10-11,13H,1-6,9H2,(H,18,19). The van der Waals surface area contributed by atoms with Crippen LogP contribution in [0.1, 0.15) is 48.9 Å². The van der Waals surface area contributed by atoms with Crippen LogP contribution in [0.5, 0.6) is 0 Å². The summed E-state index contributed by atoms with van der Waals surface area (Å²) in [5.74, 6) is 0.846. The van der Waals surface area contributed by atoms with Gasteiger partial charge in [-0.3, -0.25) is 0 Å². The number of piperidine rings is 1. The Morgan fingerprint density at radius 2 is 2.00 bits per heavy atom. The highest BCUT2D eigenvalue weighted by atomic mass is 16.4. The van der Waals surface area contributed by atoms with Gasteiger partial charge in [0.2, 0.25) is 0 Å². The van der Waals surface area contributed by atoms with Gasteiger partial charge in [-0.2, -0.15) is 0 Å². The summed E-state index contributed by atoms with van der Waals surface area (Å²) >= 11 is 0. The van der Waals surface area contributed by atoms with E-state index in [1.807, 2.05) is 6.07 Å². The molecule has 1 saturated carbocycles. The number of hydrogen-bond acceptors (Lipinski definition) is 3. The van der Waals surface area contributed by atoms with Crippen LogP contribution in [-0.2, 0) is 0 Å². The topological polar surface area (TPSA) is 53.4 Å². The summed E-state index contributed by atoms with van der Waals surface area (Å²) in [4.78, 5) is 17.6. The summed E-state index contributed by atoms with van der Waals surface area (Å²) in [5, 5.41) is 8.92. The van der Waals surface area contributed by atoms with E-state index in [9.17, 15) is 4.79 Å². The second-order valence-corrected chi connectivity index (χ2v) is 5.66. The van der Waals surface area contributed by atoms with Crippen LogP contribution in [0, 0.1) is 5.92 Å². The molecule has 2 aliphatic rings. The number of pyridine rings is 1. The maximum absolute atomic E-state index is 10.9. The van der Waals surface area contributed by atoms with Gasteiger partial charge in [-0.25, -0.2) is 9.78 Å². The lowest BCUT2D eigenvalue weighted by molar-refractivity contribution is 0.0696. The van der Waals surface area contributed by atoms with Crippen molar-refractivity contribution >= 4 is 11.8 Å². The van der Waals surface area contributed by atoms with Gasteiger partial charge in [-0.15, -0.1) is 0 Å². The number of carboxylic acid groups (broad SMARTS) is 1. The normalized spacial score (nSPS) is 26.8. The Morgan fingerprint density at radius 3 is 2.74 bits per heavy atom. The minimum Gasteiger partial charge on any atom is -0.478 e.